The third kappa shape index (κ3) is 7.02. The number of rotatable bonds is 12. The van der Waals surface area contributed by atoms with E-state index in [1.807, 2.05) is 7.05 Å². The van der Waals surface area contributed by atoms with Gasteiger partial charge in [-0.15, -0.1) is 4.37 Å². The number of aliphatic hydroxyl groups is 1. The predicted molar refractivity (Wildman–Crippen MR) is 113 cm³/mol. The second-order valence-electron chi connectivity index (χ2n) is 7.94. The molecule has 1 aliphatic rings. The molecule has 8 nitrogen and oxygen atoms in total. The lowest BCUT2D eigenvalue weighted by Gasteiger charge is -2.36. The number of carbonyl (C=O) groups excluding carboxylic acids is 1. The summed E-state index contributed by atoms with van der Waals surface area (Å²) in [4.78, 5) is 12.1. The van der Waals surface area contributed by atoms with Gasteiger partial charge in [0.1, 0.15) is 18.3 Å². The van der Waals surface area contributed by atoms with Gasteiger partial charge in [-0.3, -0.25) is 9.28 Å². The van der Waals surface area contributed by atoms with Crippen molar-refractivity contribution in [3.8, 4) is 5.88 Å². The first-order valence-electron chi connectivity index (χ1n) is 10.5. The molecule has 1 aromatic rings. The van der Waals surface area contributed by atoms with Crippen molar-refractivity contribution in [2.45, 2.75) is 64.5 Å². The second kappa shape index (κ2) is 11.6. The van der Waals surface area contributed by atoms with Crippen molar-refractivity contribution in [3.63, 3.8) is 0 Å². The van der Waals surface area contributed by atoms with Crippen LogP contribution in [-0.2, 0) is 9.53 Å². The third-order valence-corrected chi connectivity index (χ3v) is 5.75. The monoisotopic (exact) mass is 427 g/mol. The first kappa shape index (κ1) is 23.7. The van der Waals surface area contributed by atoms with Crippen LogP contribution in [-0.4, -0.2) is 69.9 Å². The lowest BCUT2D eigenvalue weighted by atomic mass is 10.1. The number of carbonyl (C=O) groups is 1. The van der Waals surface area contributed by atoms with E-state index >= 15 is 0 Å². The number of unbranched alkanes of at least 4 members (excludes halogenated alkanes) is 3. The van der Waals surface area contributed by atoms with E-state index in [1.54, 1.807) is 6.92 Å². The summed E-state index contributed by atoms with van der Waals surface area (Å²) in [6.07, 6.45) is 7.11. The molecule has 2 unspecified atom stereocenters. The molecule has 1 aliphatic heterocycles. The summed E-state index contributed by atoms with van der Waals surface area (Å²) in [5.74, 6) is 0.0255. The standard InChI is InChI=1S/C20H35N4O4S/c1-4-6-7-8-12-27-19-18(22-29-23-19)15-10-9-11-24(3,13-15)14-28-20(26)17(21)16(25)5-2/h10,16-17,25H,4-9,11-14,21H2,1-3H3/q+1/t16-,17?,24?/m1/s1. The molecule has 2 heterocycles. The zero-order chi connectivity index (χ0) is 21.3. The molecule has 29 heavy (non-hydrogen) atoms. The van der Waals surface area contributed by atoms with Crippen molar-refractivity contribution in [1.29, 1.82) is 0 Å². The Morgan fingerprint density at radius 3 is 2.86 bits per heavy atom. The van der Waals surface area contributed by atoms with Crippen LogP contribution in [0.15, 0.2) is 6.08 Å². The summed E-state index contributed by atoms with van der Waals surface area (Å²) in [5, 5.41) is 9.75. The number of hydrogen-bond acceptors (Lipinski definition) is 8. The van der Waals surface area contributed by atoms with Gasteiger partial charge < -0.3 is 20.3 Å². The maximum Gasteiger partial charge on any atom is 0.329 e. The van der Waals surface area contributed by atoms with Crippen molar-refractivity contribution in [3.05, 3.63) is 11.8 Å². The largest absolute Gasteiger partial charge is 0.475 e. The summed E-state index contributed by atoms with van der Waals surface area (Å²) in [6.45, 7) is 6.31. The second-order valence-corrected chi connectivity index (χ2v) is 8.47. The van der Waals surface area contributed by atoms with Crippen LogP contribution in [0.1, 0.15) is 58.1 Å². The Balaban J connectivity index is 1.92. The normalized spacial score (nSPS) is 21.3. The Morgan fingerprint density at radius 1 is 1.34 bits per heavy atom. The molecule has 0 amide bonds. The molecule has 0 aliphatic carbocycles. The first-order valence-corrected chi connectivity index (χ1v) is 11.2. The smallest absolute Gasteiger partial charge is 0.329 e. The fourth-order valence-electron chi connectivity index (χ4n) is 3.28. The average Bonchev–Trinajstić information content (AvgIpc) is 3.19. The average molecular weight is 428 g/mol. The van der Waals surface area contributed by atoms with Gasteiger partial charge in [0.05, 0.1) is 38.0 Å². The molecule has 0 fully saturated rings. The quantitative estimate of drug-likeness (QED) is 0.299. The number of ether oxygens (including phenoxy) is 2. The number of nitrogens with two attached hydrogens (primary N) is 1. The van der Waals surface area contributed by atoms with Gasteiger partial charge in [-0.05, 0) is 12.8 Å². The molecular formula is C20H35N4O4S+. The van der Waals surface area contributed by atoms with Gasteiger partial charge >= 0.3 is 5.97 Å². The number of likely N-dealkylation sites (N-methyl/N-ethyl adjacent to an activating group) is 1. The predicted octanol–water partition coefficient (Wildman–Crippen LogP) is 2.33. The number of aromatic nitrogens is 2. The Kier molecular flexibility index (Phi) is 9.48. The van der Waals surface area contributed by atoms with Crippen LogP contribution >= 0.6 is 11.7 Å². The molecule has 1 aromatic heterocycles. The molecule has 0 bridgehead atoms. The maximum absolute atomic E-state index is 12.1. The summed E-state index contributed by atoms with van der Waals surface area (Å²) in [7, 11) is 2.03. The minimum Gasteiger partial charge on any atom is -0.475 e. The summed E-state index contributed by atoms with van der Waals surface area (Å²) >= 11 is 1.15. The summed E-state index contributed by atoms with van der Waals surface area (Å²) in [5.41, 5.74) is 7.61. The molecule has 164 valence electrons. The number of aliphatic hydroxyl groups excluding tert-OH is 1. The van der Waals surface area contributed by atoms with Gasteiger partial charge in [0.15, 0.2) is 0 Å². The van der Waals surface area contributed by atoms with Crippen molar-refractivity contribution in [1.82, 2.24) is 8.75 Å². The van der Waals surface area contributed by atoms with E-state index in [-0.39, 0.29) is 6.73 Å². The van der Waals surface area contributed by atoms with Gasteiger partial charge in [0, 0.05) is 12.0 Å². The molecular weight excluding hydrogens is 392 g/mol. The highest BCUT2D eigenvalue weighted by Gasteiger charge is 2.32. The number of nitrogens with zero attached hydrogens (tertiary/aromatic N) is 3. The van der Waals surface area contributed by atoms with Crippen LogP contribution < -0.4 is 10.5 Å². The molecule has 0 radical (unpaired) electrons. The van der Waals surface area contributed by atoms with Crippen molar-refractivity contribution in [2.24, 2.45) is 5.73 Å². The highest BCUT2D eigenvalue weighted by molar-refractivity contribution is 6.99. The number of quaternary nitrogens is 1. The maximum atomic E-state index is 12.1. The minimum absolute atomic E-state index is 0.199. The third-order valence-electron chi connectivity index (χ3n) is 5.23. The Bertz CT molecular complexity index is 681. The first-order chi connectivity index (χ1) is 13.9. The SMILES string of the molecule is CCCCCCOc1nsnc1C1=CCC[N+](C)(COC(=O)C(N)[C@H](O)CC)C1. The fourth-order valence-corrected chi connectivity index (χ4v) is 3.81. The Hall–Kier alpha value is -1.55. The van der Waals surface area contributed by atoms with E-state index in [0.717, 1.165) is 48.8 Å². The van der Waals surface area contributed by atoms with E-state index in [4.69, 9.17) is 15.2 Å². The van der Waals surface area contributed by atoms with Crippen LogP contribution in [0.5, 0.6) is 5.88 Å². The zero-order valence-electron chi connectivity index (χ0n) is 17.8. The van der Waals surface area contributed by atoms with Crippen LogP contribution in [0, 0.1) is 0 Å². The molecule has 0 spiro atoms. The van der Waals surface area contributed by atoms with E-state index in [2.05, 4.69) is 21.7 Å². The number of esters is 1. The van der Waals surface area contributed by atoms with Crippen molar-refractivity contribution >= 4 is 23.3 Å². The van der Waals surface area contributed by atoms with Gasteiger partial charge in [0.25, 0.3) is 5.88 Å². The van der Waals surface area contributed by atoms with Crippen LogP contribution in [0.4, 0.5) is 0 Å². The highest BCUT2D eigenvalue weighted by atomic mass is 32.1. The van der Waals surface area contributed by atoms with E-state index in [0.29, 0.717) is 29.9 Å². The van der Waals surface area contributed by atoms with Crippen molar-refractivity contribution in [2.75, 3.05) is 33.5 Å². The molecule has 2 rings (SSSR count). The van der Waals surface area contributed by atoms with Crippen LogP contribution in [0.3, 0.4) is 0 Å². The lowest BCUT2D eigenvalue weighted by molar-refractivity contribution is -0.919. The molecule has 0 aromatic carbocycles. The Morgan fingerprint density at radius 2 is 2.14 bits per heavy atom. The van der Waals surface area contributed by atoms with Crippen LogP contribution in [0.2, 0.25) is 0 Å². The van der Waals surface area contributed by atoms with E-state index < -0.39 is 18.1 Å². The minimum atomic E-state index is -1.01. The topological polar surface area (TPSA) is 108 Å². The lowest BCUT2D eigenvalue weighted by Crippen LogP contribution is -2.51. The van der Waals surface area contributed by atoms with Gasteiger partial charge in [-0.2, -0.15) is 4.37 Å². The van der Waals surface area contributed by atoms with Crippen molar-refractivity contribution < 1.29 is 23.9 Å². The molecule has 9 heteroatoms. The van der Waals surface area contributed by atoms with Gasteiger partial charge in [0.2, 0.25) is 6.73 Å². The summed E-state index contributed by atoms with van der Waals surface area (Å²) in [6, 6.07) is -1.01. The summed E-state index contributed by atoms with van der Waals surface area (Å²) < 4.78 is 20.6. The number of hydrogen-bond donors (Lipinski definition) is 2. The van der Waals surface area contributed by atoms with E-state index in [9.17, 15) is 9.90 Å². The highest BCUT2D eigenvalue weighted by Crippen LogP contribution is 2.30. The Labute approximate surface area is 177 Å². The molecule has 0 saturated heterocycles. The van der Waals surface area contributed by atoms with Gasteiger partial charge in [-0.25, -0.2) is 0 Å². The molecule has 0 saturated carbocycles. The molecule has 3 N–H and O–H groups in total. The zero-order valence-corrected chi connectivity index (χ0v) is 18.6. The fraction of sp³-hybridized carbons (Fsp3) is 0.750. The molecule has 3 atom stereocenters. The van der Waals surface area contributed by atoms with E-state index in [1.165, 1.54) is 12.8 Å². The van der Waals surface area contributed by atoms with Crippen LogP contribution in [0.25, 0.3) is 5.57 Å². The van der Waals surface area contributed by atoms with Gasteiger partial charge in [-0.1, -0.05) is 39.2 Å².